The molecule has 0 aliphatic carbocycles. The van der Waals surface area contributed by atoms with E-state index in [4.69, 9.17) is 26.8 Å². The van der Waals surface area contributed by atoms with Gasteiger partial charge in [0.15, 0.2) is 0 Å². The Morgan fingerprint density at radius 2 is 2.10 bits per heavy atom. The maximum Gasteiger partial charge on any atom is 0.0645 e. The number of fused-ring (bicyclic) bond motifs is 1. The van der Waals surface area contributed by atoms with Crippen LogP contribution in [0.3, 0.4) is 0 Å². The van der Waals surface area contributed by atoms with Crippen molar-refractivity contribution in [2.24, 2.45) is 5.73 Å². The van der Waals surface area contributed by atoms with Crippen LogP contribution in [0, 0.1) is 0 Å². The lowest BCUT2D eigenvalue weighted by Gasteiger charge is -2.07. The van der Waals surface area contributed by atoms with E-state index in [1.807, 2.05) is 18.2 Å². The zero-order valence-electron chi connectivity index (χ0n) is 11.8. The van der Waals surface area contributed by atoms with Gasteiger partial charge in [0, 0.05) is 55.5 Å². The Kier molecular flexibility index (Phi) is 5.86. The standard InChI is InChI=1S/C15H21ClN2O2/c1-19-6-2-7-20-8-5-18-11-12(10-17)14-4-3-13(16)9-15(14)18/h3-4,9,11H,2,5-8,10,17H2,1H3. The average molecular weight is 297 g/mol. The second-order valence-electron chi connectivity index (χ2n) is 4.67. The van der Waals surface area contributed by atoms with Gasteiger partial charge in [-0.2, -0.15) is 0 Å². The topological polar surface area (TPSA) is 49.4 Å². The van der Waals surface area contributed by atoms with Crippen molar-refractivity contribution in [1.82, 2.24) is 4.57 Å². The number of aromatic nitrogens is 1. The Labute approximate surface area is 124 Å². The zero-order valence-corrected chi connectivity index (χ0v) is 12.5. The van der Waals surface area contributed by atoms with Crippen molar-refractivity contribution in [3.63, 3.8) is 0 Å². The van der Waals surface area contributed by atoms with E-state index in [9.17, 15) is 0 Å². The van der Waals surface area contributed by atoms with Crippen molar-refractivity contribution in [3.8, 4) is 0 Å². The predicted octanol–water partition coefficient (Wildman–Crippen LogP) is 2.81. The second kappa shape index (κ2) is 7.64. The quantitative estimate of drug-likeness (QED) is 0.762. The number of methoxy groups -OCH3 is 1. The van der Waals surface area contributed by atoms with E-state index in [1.165, 1.54) is 0 Å². The van der Waals surface area contributed by atoms with E-state index >= 15 is 0 Å². The highest BCUT2D eigenvalue weighted by atomic mass is 35.5. The molecule has 0 saturated carbocycles. The van der Waals surface area contributed by atoms with Crippen LogP contribution in [0.2, 0.25) is 5.02 Å². The largest absolute Gasteiger partial charge is 0.385 e. The highest BCUT2D eigenvalue weighted by Gasteiger charge is 2.07. The van der Waals surface area contributed by atoms with Crippen molar-refractivity contribution in [2.45, 2.75) is 19.5 Å². The highest BCUT2D eigenvalue weighted by Crippen LogP contribution is 2.24. The van der Waals surface area contributed by atoms with Gasteiger partial charge < -0.3 is 19.8 Å². The maximum absolute atomic E-state index is 6.07. The van der Waals surface area contributed by atoms with Crippen LogP contribution in [-0.2, 0) is 22.6 Å². The third-order valence-electron chi connectivity index (χ3n) is 3.26. The molecule has 1 aromatic heterocycles. The Morgan fingerprint density at radius 3 is 2.85 bits per heavy atom. The van der Waals surface area contributed by atoms with Crippen molar-refractivity contribution in [2.75, 3.05) is 26.9 Å². The summed E-state index contributed by atoms with van der Waals surface area (Å²) >= 11 is 6.07. The molecule has 0 unspecified atom stereocenters. The average Bonchev–Trinajstić information content (AvgIpc) is 2.80. The first kappa shape index (κ1) is 15.3. The fourth-order valence-corrected chi connectivity index (χ4v) is 2.43. The lowest BCUT2D eigenvalue weighted by atomic mass is 10.2. The lowest BCUT2D eigenvalue weighted by molar-refractivity contribution is 0.0982. The molecule has 0 amide bonds. The summed E-state index contributed by atoms with van der Waals surface area (Å²) in [5.41, 5.74) is 8.03. The fourth-order valence-electron chi connectivity index (χ4n) is 2.26. The molecule has 110 valence electrons. The van der Waals surface area contributed by atoms with Crippen LogP contribution in [0.4, 0.5) is 0 Å². The van der Waals surface area contributed by atoms with Crippen LogP contribution < -0.4 is 5.73 Å². The van der Waals surface area contributed by atoms with Crippen LogP contribution in [0.15, 0.2) is 24.4 Å². The van der Waals surface area contributed by atoms with Crippen molar-refractivity contribution in [3.05, 3.63) is 35.0 Å². The van der Waals surface area contributed by atoms with Crippen LogP contribution in [-0.4, -0.2) is 31.5 Å². The number of nitrogens with two attached hydrogens (primary N) is 1. The summed E-state index contributed by atoms with van der Waals surface area (Å²) in [4.78, 5) is 0. The molecule has 2 aromatic rings. The molecular formula is C15H21ClN2O2. The third kappa shape index (κ3) is 3.73. The van der Waals surface area contributed by atoms with Gasteiger partial charge in [0.05, 0.1) is 6.61 Å². The molecule has 20 heavy (non-hydrogen) atoms. The maximum atomic E-state index is 6.07. The van der Waals surface area contributed by atoms with E-state index in [0.717, 1.165) is 47.7 Å². The van der Waals surface area contributed by atoms with E-state index in [-0.39, 0.29) is 0 Å². The van der Waals surface area contributed by atoms with Gasteiger partial charge in [-0.05, 0) is 24.1 Å². The van der Waals surface area contributed by atoms with Gasteiger partial charge in [0.2, 0.25) is 0 Å². The number of ether oxygens (including phenoxy) is 2. The van der Waals surface area contributed by atoms with Gasteiger partial charge in [-0.15, -0.1) is 0 Å². The minimum Gasteiger partial charge on any atom is -0.385 e. The van der Waals surface area contributed by atoms with Gasteiger partial charge >= 0.3 is 0 Å². The lowest BCUT2D eigenvalue weighted by Crippen LogP contribution is -2.07. The fraction of sp³-hybridized carbons (Fsp3) is 0.467. The van der Waals surface area contributed by atoms with Crippen LogP contribution in [0.5, 0.6) is 0 Å². The van der Waals surface area contributed by atoms with Gasteiger partial charge in [-0.1, -0.05) is 17.7 Å². The molecule has 0 aliphatic rings. The molecule has 0 saturated heterocycles. The SMILES string of the molecule is COCCCOCCn1cc(CN)c2ccc(Cl)cc21. The minimum atomic E-state index is 0.528. The Bertz CT molecular complexity index is 554. The van der Waals surface area contributed by atoms with E-state index in [0.29, 0.717) is 13.2 Å². The van der Waals surface area contributed by atoms with Gasteiger partial charge in [0.25, 0.3) is 0 Å². The number of rotatable bonds is 8. The molecule has 0 atom stereocenters. The van der Waals surface area contributed by atoms with E-state index < -0.39 is 0 Å². The summed E-state index contributed by atoms with van der Waals surface area (Å²) in [6.45, 7) is 3.45. The second-order valence-corrected chi connectivity index (χ2v) is 5.11. The summed E-state index contributed by atoms with van der Waals surface area (Å²) in [6.07, 6.45) is 3.00. The third-order valence-corrected chi connectivity index (χ3v) is 3.50. The van der Waals surface area contributed by atoms with Crippen molar-refractivity contribution < 1.29 is 9.47 Å². The summed E-state index contributed by atoms with van der Waals surface area (Å²) < 4.78 is 12.7. The molecule has 2 N–H and O–H groups in total. The number of halogens is 1. The minimum absolute atomic E-state index is 0.528. The van der Waals surface area contributed by atoms with Gasteiger partial charge in [-0.3, -0.25) is 0 Å². The van der Waals surface area contributed by atoms with Gasteiger partial charge in [-0.25, -0.2) is 0 Å². The molecule has 0 bridgehead atoms. The molecule has 4 nitrogen and oxygen atoms in total. The predicted molar refractivity (Wildman–Crippen MR) is 82.2 cm³/mol. The Hall–Kier alpha value is -1.07. The molecule has 1 heterocycles. The molecule has 0 fully saturated rings. The van der Waals surface area contributed by atoms with E-state index in [2.05, 4.69) is 10.8 Å². The first-order valence-electron chi connectivity index (χ1n) is 6.80. The molecule has 0 spiro atoms. The van der Waals surface area contributed by atoms with Crippen LogP contribution in [0.1, 0.15) is 12.0 Å². The highest BCUT2D eigenvalue weighted by molar-refractivity contribution is 6.31. The number of nitrogens with zero attached hydrogens (tertiary/aromatic N) is 1. The number of hydrogen-bond acceptors (Lipinski definition) is 3. The summed E-state index contributed by atoms with van der Waals surface area (Å²) in [7, 11) is 1.70. The van der Waals surface area contributed by atoms with Gasteiger partial charge in [0.1, 0.15) is 0 Å². The van der Waals surface area contributed by atoms with E-state index in [1.54, 1.807) is 7.11 Å². The first-order valence-corrected chi connectivity index (χ1v) is 7.18. The Morgan fingerprint density at radius 1 is 1.25 bits per heavy atom. The summed E-state index contributed by atoms with van der Waals surface area (Å²) in [5.74, 6) is 0. The molecular weight excluding hydrogens is 276 g/mol. The summed E-state index contributed by atoms with van der Waals surface area (Å²) in [5, 5.41) is 1.90. The molecule has 0 radical (unpaired) electrons. The smallest absolute Gasteiger partial charge is 0.0645 e. The van der Waals surface area contributed by atoms with Crippen molar-refractivity contribution >= 4 is 22.5 Å². The molecule has 5 heteroatoms. The van der Waals surface area contributed by atoms with Crippen LogP contribution in [0.25, 0.3) is 10.9 Å². The molecule has 1 aromatic carbocycles. The van der Waals surface area contributed by atoms with Crippen LogP contribution >= 0.6 is 11.6 Å². The van der Waals surface area contributed by atoms with Crippen molar-refractivity contribution in [1.29, 1.82) is 0 Å². The normalized spacial score (nSPS) is 11.3. The number of hydrogen-bond donors (Lipinski definition) is 1. The monoisotopic (exact) mass is 296 g/mol. The molecule has 0 aliphatic heterocycles. The Balaban J connectivity index is 2.00. The first-order chi connectivity index (χ1) is 9.76. The number of benzene rings is 1. The zero-order chi connectivity index (χ0) is 14.4. The molecule has 2 rings (SSSR count). The summed E-state index contributed by atoms with van der Waals surface area (Å²) in [6, 6.07) is 5.89.